The van der Waals surface area contributed by atoms with Crippen LogP contribution in [-0.4, -0.2) is 16.2 Å². The number of hydrazone groups is 1. The molecule has 2 N–H and O–H groups in total. The normalized spacial score (nSPS) is 11.8. The van der Waals surface area contributed by atoms with Gasteiger partial charge in [-0.3, -0.25) is 9.78 Å². The lowest BCUT2D eigenvalue weighted by atomic mass is 10.1. The van der Waals surface area contributed by atoms with E-state index in [0.29, 0.717) is 11.6 Å². The first kappa shape index (κ1) is 17.7. The van der Waals surface area contributed by atoms with E-state index < -0.39 is 0 Å². The molecule has 0 radical (unpaired) electrons. The molecule has 5 nitrogen and oxygen atoms in total. The Kier molecular flexibility index (Phi) is 6.95. The van der Waals surface area contributed by atoms with Crippen molar-refractivity contribution in [1.29, 1.82) is 0 Å². The zero-order valence-electron chi connectivity index (χ0n) is 14.2. The molecule has 0 bridgehead atoms. The molecule has 1 aromatic carbocycles. The summed E-state index contributed by atoms with van der Waals surface area (Å²) in [6.07, 6.45) is 8.40. The Morgan fingerprint density at radius 3 is 2.79 bits per heavy atom. The second-order valence-corrected chi connectivity index (χ2v) is 5.69. The SMILES string of the molecule is CCCCCC(=Cc1ccccc1)/C=N/Nc1nc(C)cc(=O)[nH]1. The Morgan fingerprint density at radius 2 is 2.08 bits per heavy atom. The summed E-state index contributed by atoms with van der Waals surface area (Å²) in [5, 5.41) is 4.22. The van der Waals surface area contributed by atoms with E-state index in [1.54, 1.807) is 13.1 Å². The van der Waals surface area contributed by atoms with Crippen LogP contribution in [0.5, 0.6) is 0 Å². The molecular weight excluding hydrogens is 300 g/mol. The van der Waals surface area contributed by atoms with Crippen molar-refractivity contribution in [3.8, 4) is 0 Å². The summed E-state index contributed by atoms with van der Waals surface area (Å²) in [7, 11) is 0. The highest BCUT2D eigenvalue weighted by Crippen LogP contribution is 2.12. The minimum atomic E-state index is -0.191. The molecule has 0 aliphatic carbocycles. The zero-order chi connectivity index (χ0) is 17.2. The molecule has 0 unspecified atom stereocenters. The fourth-order valence-corrected chi connectivity index (χ4v) is 2.32. The van der Waals surface area contributed by atoms with Gasteiger partial charge in [-0.15, -0.1) is 0 Å². The number of hydrogen-bond donors (Lipinski definition) is 2. The summed E-state index contributed by atoms with van der Waals surface area (Å²) in [6, 6.07) is 11.6. The topological polar surface area (TPSA) is 70.1 Å². The first-order valence-electron chi connectivity index (χ1n) is 8.30. The van der Waals surface area contributed by atoms with Gasteiger partial charge in [-0.05, 0) is 30.9 Å². The molecule has 0 fully saturated rings. The van der Waals surface area contributed by atoms with Gasteiger partial charge in [0.25, 0.3) is 5.56 Å². The molecule has 1 heterocycles. The van der Waals surface area contributed by atoms with E-state index in [1.165, 1.54) is 18.9 Å². The predicted molar refractivity (Wildman–Crippen MR) is 100 cm³/mol. The van der Waals surface area contributed by atoms with Crippen LogP contribution in [-0.2, 0) is 0 Å². The number of nitrogens with one attached hydrogen (secondary N) is 2. The van der Waals surface area contributed by atoms with Crippen LogP contribution in [0.2, 0.25) is 0 Å². The lowest BCUT2D eigenvalue weighted by Gasteiger charge is -2.03. The lowest BCUT2D eigenvalue weighted by Crippen LogP contribution is -2.10. The third-order valence-corrected chi connectivity index (χ3v) is 3.49. The van der Waals surface area contributed by atoms with Gasteiger partial charge in [-0.1, -0.05) is 56.2 Å². The Balaban J connectivity index is 2.09. The van der Waals surface area contributed by atoms with Gasteiger partial charge in [0, 0.05) is 11.8 Å². The van der Waals surface area contributed by atoms with Gasteiger partial charge >= 0.3 is 0 Å². The fourth-order valence-electron chi connectivity index (χ4n) is 2.32. The van der Waals surface area contributed by atoms with Crippen molar-refractivity contribution in [2.75, 3.05) is 5.43 Å². The average Bonchev–Trinajstić information content (AvgIpc) is 2.55. The van der Waals surface area contributed by atoms with Crippen LogP contribution >= 0.6 is 0 Å². The Bertz CT molecular complexity index is 747. The predicted octanol–water partition coefficient (Wildman–Crippen LogP) is 4.14. The van der Waals surface area contributed by atoms with Gasteiger partial charge in [0.2, 0.25) is 5.95 Å². The van der Waals surface area contributed by atoms with E-state index >= 15 is 0 Å². The van der Waals surface area contributed by atoms with E-state index in [1.807, 2.05) is 18.2 Å². The maximum atomic E-state index is 11.4. The number of rotatable bonds is 8. The first-order chi connectivity index (χ1) is 11.7. The summed E-state index contributed by atoms with van der Waals surface area (Å²) in [6.45, 7) is 3.96. The Morgan fingerprint density at radius 1 is 1.29 bits per heavy atom. The highest BCUT2D eigenvalue weighted by atomic mass is 16.1. The van der Waals surface area contributed by atoms with Crippen LogP contribution in [0.25, 0.3) is 6.08 Å². The molecule has 2 rings (SSSR count). The number of benzene rings is 1. The summed E-state index contributed by atoms with van der Waals surface area (Å²) < 4.78 is 0. The minimum absolute atomic E-state index is 0.191. The van der Waals surface area contributed by atoms with E-state index in [-0.39, 0.29) is 5.56 Å². The maximum Gasteiger partial charge on any atom is 0.252 e. The van der Waals surface area contributed by atoms with E-state index in [4.69, 9.17) is 0 Å². The van der Waals surface area contributed by atoms with Gasteiger partial charge in [-0.2, -0.15) is 5.10 Å². The average molecular weight is 324 g/mol. The van der Waals surface area contributed by atoms with Crippen LogP contribution in [0.15, 0.2) is 51.9 Å². The third-order valence-electron chi connectivity index (χ3n) is 3.49. The van der Waals surface area contributed by atoms with Crippen LogP contribution in [0, 0.1) is 6.92 Å². The quantitative estimate of drug-likeness (QED) is 0.435. The molecule has 0 saturated carbocycles. The third kappa shape index (κ3) is 6.20. The zero-order valence-corrected chi connectivity index (χ0v) is 14.2. The van der Waals surface area contributed by atoms with E-state index in [2.05, 4.69) is 45.6 Å². The standard InChI is InChI=1S/C19H24N4O/c1-3-4-6-11-17(13-16-9-7-5-8-10-16)14-20-23-19-21-15(2)12-18(24)22-19/h5,7-10,12-14H,3-4,6,11H2,1-2H3,(H2,21,22,23,24)/b17-13?,20-14+. The smallest absolute Gasteiger partial charge is 0.252 e. The maximum absolute atomic E-state index is 11.4. The fraction of sp³-hybridized carbons (Fsp3) is 0.316. The molecule has 126 valence electrons. The number of allylic oxidation sites excluding steroid dienone is 1. The van der Waals surface area contributed by atoms with Crippen molar-refractivity contribution in [2.24, 2.45) is 5.10 Å². The van der Waals surface area contributed by atoms with Crippen LogP contribution < -0.4 is 11.0 Å². The second-order valence-electron chi connectivity index (χ2n) is 5.69. The van der Waals surface area contributed by atoms with Gasteiger partial charge in [0.15, 0.2) is 0 Å². The highest BCUT2D eigenvalue weighted by Gasteiger charge is 1.98. The highest BCUT2D eigenvalue weighted by molar-refractivity contribution is 5.85. The van der Waals surface area contributed by atoms with Crippen LogP contribution in [0.1, 0.15) is 43.9 Å². The molecule has 0 saturated heterocycles. The number of unbranched alkanes of at least 4 members (excludes halogenated alkanes) is 2. The van der Waals surface area contributed by atoms with Gasteiger partial charge < -0.3 is 0 Å². The van der Waals surface area contributed by atoms with Crippen LogP contribution in [0.3, 0.4) is 0 Å². The first-order valence-corrected chi connectivity index (χ1v) is 8.30. The summed E-state index contributed by atoms with van der Waals surface area (Å²) in [4.78, 5) is 18.2. The number of anilines is 1. The summed E-state index contributed by atoms with van der Waals surface area (Å²) >= 11 is 0. The van der Waals surface area contributed by atoms with Crippen molar-refractivity contribution in [2.45, 2.75) is 39.5 Å². The Labute approximate surface area is 142 Å². The van der Waals surface area contributed by atoms with Gasteiger partial charge in [0.05, 0.1) is 6.21 Å². The number of hydrogen-bond acceptors (Lipinski definition) is 4. The van der Waals surface area contributed by atoms with Crippen LogP contribution in [0.4, 0.5) is 5.95 Å². The van der Waals surface area contributed by atoms with Crippen molar-refractivity contribution >= 4 is 18.2 Å². The number of H-pyrrole nitrogens is 1. The number of nitrogens with zero attached hydrogens (tertiary/aromatic N) is 2. The molecule has 0 amide bonds. The minimum Gasteiger partial charge on any atom is -0.291 e. The monoisotopic (exact) mass is 324 g/mol. The molecular formula is C19H24N4O. The molecule has 0 spiro atoms. The molecule has 24 heavy (non-hydrogen) atoms. The van der Waals surface area contributed by atoms with Crippen molar-refractivity contribution in [3.05, 3.63) is 63.6 Å². The summed E-state index contributed by atoms with van der Waals surface area (Å²) in [5.41, 5.74) is 5.54. The second kappa shape index (κ2) is 9.45. The molecule has 0 aliphatic heterocycles. The molecule has 5 heteroatoms. The van der Waals surface area contributed by atoms with Crippen molar-refractivity contribution in [3.63, 3.8) is 0 Å². The van der Waals surface area contributed by atoms with E-state index in [0.717, 1.165) is 24.0 Å². The number of aromatic nitrogens is 2. The molecule has 1 aromatic heterocycles. The summed E-state index contributed by atoms with van der Waals surface area (Å²) in [5.74, 6) is 0.351. The van der Waals surface area contributed by atoms with Crippen molar-refractivity contribution in [1.82, 2.24) is 9.97 Å². The molecule has 0 aliphatic rings. The number of aryl methyl sites for hydroxylation is 1. The molecule has 0 atom stereocenters. The largest absolute Gasteiger partial charge is 0.291 e. The number of aromatic amines is 1. The lowest BCUT2D eigenvalue weighted by molar-refractivity contribution is 0.724. The van der Waals surface area contributed by atoms with Crippen molar-refractivity contribution < 1.29 is 0 Å². The molecule has 2 aromatic rings. The van der Waals surface area contributed by atoms with Gasteiger partial charge in [-0.25, -0.2) is 10.4 Å². The van der Waals surface area contributed by atoms with Gasteiger partial charge in [0.1, 0.15) is 0 Å². The Hall–Kier alpha value is -2.69. The van der Waals surface area contributed by atoms with E-state index in [9.17, 15) is 4.79 Å².